The molecule has 0 spiro atoms. The molecule has 0 aliphatic carbocycles. The molecule has 2 N–H and O–H groups in total. The van der Waals surface area contributed by atoms with Crippen molar-refractivity contribution >= 4 is 17.6 Å². The van der Waals surface area contributed by atoms with Crippen LogP contribution in [0.2, 0.25) is 0 Å². The van der Waals surface area contributed by atoms with Gasteiger partial charge >= 0.3 is 0 Å². The molecule has 2 rings (SSSR count). The van der Waals surface area contributed by atoms with Gasteiger partial charge in [0.2, 0.25) is 5.91 Å². The van der Waals surface area contributed by atoms with Crippen LogP contribution in [0.3, 0.4) is 0 Å². The highest BCUT2D eigenvalue weighted by Crippen LogP contribution is 2.25. The lowest BCUT2D eigenvalue weighted by Gasteiger charge is -2.22. The summed E-state index contributed by atoms with van der Waals surface area (Å²) in [6.07, 6.45) is 0. The number of anilines is 1. The van der Waals surface area contributed by atoms with Gasteiger partial charge in [-0.3, -0.25) is 9.79 Å². The van der Waals surface area contributed by atoms with Crippen LogP contribution in [-0.2, 0) is 17.9 Å². The van der Waals surface area contributed by atoms with Crippen LogP contribution in [0.25, 0.3) is 0 Å². The van der Waals surface area contributed by atoms with E-state index < -0.39 is 0 Å². The average molecular weight is 384 g/mol. The molecule has 0 bridgehead atoms. The smallest absolute Gasteiger partial charge is 0.221 e. The van der Waals surface area contributed by atoms with Gasteiger partial charge in [-0.25, -0.2) is 0 Å². The molecule has 0 radical (unpaired) electrons. The van der Waals surface area contributed by atoms with E-state index in [0.717, 1.165) is 22.8 Å². The van der Waals surface area contributed by atoms with Crippen molar-refractivity contribution in [2.45, 2.75) is 20.0 Å². The summed E-state index contributed by atoms with van der Waals surface area (Å²) >= 11 is 0. The minimum absolute atomic E-state index is 0.140. The summed E-state index contributed by atoms with van der Waals surface area (Å²) in [4.78, 5) is 17.8. The second-order valence-corrected chi connectivity index (χ2v) is 6.32. The number of guanidine groups is 1. The summed E-state index contributed by atoms with van der Waals surface area (Å²) in [6, 6.07) is 13.6. The number of amides is 1. The first-order valence-electron chi connectivity index (χ1n) is 8.96. The fourth-order valence-corrected chi connectivity index (χ4v) is 2.80. The van der Waals surface area contributed by atoms with E-state index in [1.165, 1.54) is 6.92 Å². The highest BCUT2D eigenvalue weighted by atomic mass is 16.5. The SMILES string of the molecule is CN=C(NCc1ccc(OC)c(NC(C)=O)c1)N(C)Cc1ccc(OC)cc1. The summed E-state index contributed by atoms with van der Waals surface area (Å²) in [5, 5.41) is 6.13. The summed E-state index contributed by atoms with van der Waals surface area (Å²) in [5.41, 5.74) is 2.81. The zero-order valence-electron chi connectivity index (χ0n) is 17.1. The first-order chi connectivity index (χ1) is 13.5. The van der Waals surface area contributed by atoms with Crippen LogP contribution in [0.15, 0.2) is 47.5 Å². The number of carbonyl (C=O) groups is 1. The molecule has 7 nitrogen and oxygen atoms in total. The molecule has 0 aliphatic rings. The van der Waals surface area contributed by atoms with Gasteiger partial charge in [0.15, 0.2) is 5.96 Å². The molecule has 1 amide bonds. The third-order valence-corrected chi connectivity index (χ3v) is 4.18. The van der Waals surface area contributed by atoms with Crippen LogP contribution in [0.5, 0.6) is 11.5 Å². The number of hydrogen-bond donors (Lipinski definition) is 2. The van der Waals surface area contributed by atoms with Crippen LogP contribution < -0.4 is 20.1 Å². The number of nitrogens with zero attached hydrogens (tertiary/aromatic N) is 2. The van der Waals surface area contributed by atoms with Gasteiger partial charge in [-0.1, -0.05) is 18.2 Å². The van der Waals surface area contributed by atoms with Crippen molar-refractivity contribution in [2.75, 3.05) is 33.6 Å². The number of rotatable bonds is 7. The van der Waals surface area contributed by atoms with Crippen LogP contribution >= 0.6 is 0 Å². The zero-order valence-corrected chi connectivity index (χ0v) is 17.1. The van der Waals surface area contributed by atoms with Crippen molar-refractivity contribution in [3.8, 4) is 11.5 Å². The molecule has 0 aliphatic heterocycles. The molecule has 0 atom stereocenters. The first kappa shape index (κ1) is 21.1. The number of ether oxygens (including phenoxy) is 2. The highest BCUT2D eigenvalue weighted by Gasteiger charge is 2.09. The van der Waals surface area contributed by atoms with E-state index in [-0.39, 0.29) is 5.91 Å². The third-order valence-electron chi connectivity index (χ3n) is 4.18. The van der Waals surface area contributed by atoms with Gasteiger partial charge in [-0.15, -0.1) is 0 Å². The number of nitrogens with one attached hydrogen (secondary N) is 2. The molecule has 0 fully saturated rings. The van der Waals surface area contributed by atoms with Crippen LogP contribution in [-0.4, -0.2) is 45.1 Å². The maximum Gasteiger partial charge on any atom is 0.221 e. The summed E-state index contributed by atoms with van der Waals surface area (Å²) in [6.45, 7) is 2.75. The Bertz CT molecular complexity index is 819. The topological polar surface area (TPSA) is 75.2 Å². The Morgan fingerprint density at radius 3 is 2.32 bits per heavy atom. The monoisotopic (exact) mass is 384 g/mol. The lowest BCUT2D eigenvalue weighted by molar-refractivity contribution is -0.114. The summed E-state index contributed by atoms with van der Waals surface area (Å²) in [7, 11) is 6.97. The Morgan fingerprint density at radius 1 is 1.07 bits per heavy atom. The number of carbonyl (C=O) groups excluding carboxylic acids is 1. The molecule has 2 aromatic rings. The second-order valence-electron chi connectivity index (χ2n) is 6.32. The van der Waals surface area contributed by atoms with Crippen molar-refractivity contribution in [3.05, 3.63) is 53.6 Å². The van der Waals surface area contributed by atoms with Gasteiger partial charge in [-0.2, -0.15) is 0 Å². The van der Waals surface area contributed by atoms with Crippen molar-refractivity contribution in [1.29, 1.82) is 0 Å². The summed E-state index contributed by atoms with van der Waals surface area (Å²) in [5.74, 6) is 2.09. The Balaban J connectivity index is 2.01. The van der Waals surface area contributed by atoms with Gasteiger partial charge in [0.1, 0.15) is 11.5 Å². The van der Waals surface area contributed by atoms with E-state index in [9.17, 15) is 4.79 Å². The molecular weight excluding hydrogens is 356 g/mol. The molecule has 28 heavy (non-hydrogen) atoms. The minimum atomic E-state index is -0.140. The highest BCUT2D eigenvalue weighted by molar-refractivity contribution is 5.90. The third kappa shape index (κ3) is 5.90. The van der Waals surface area contributed by atoms with Gasteiger partial charge in [-0.05, 0) is 35.4 Å². The van der Waals surface area contributed by atoms with E-state index in [4.69, 9.17) is 9.47 Å². The Hall–Kier alpha value is -3.22. The maximum absolute atomic E-state index is 11.4. The predicted molar refractivity (Wildman–Crippen MR) is 112 cm³/mol. The standard InChI is InChI=1S/C21H28N4O3/c1-15(26)24-19-12-17(8-11-20(19)28-5)13-23-21(22-2)25(3)14-16-6-9-18(27-4)10-7-16/h6-12H,13-14H2,1-5H3,(H,22,23)(H,24,26). The fraction of sp³-hybridized carbons (Fsp3) is 0.333. The van der Waals surface area contributed by atoms with E-state index in [1.807, 2.05) is 54.4 Å². The molecule has 150 valence electrons. The average Bonchev–Trinajstić information content (AvgIpc) is 2.68. The van der Waals surface area contributed by atoms with Crippen LogP contribution in [0.4, 0.5) is 5.69 Å². The number of aliphatic imine (C=N–C) groups is 1. The van der Waals surface area contributed by atoms with Gasteiger partial charge in [0.05, 0.1) is 19.9 Å². The van der Waals surface area contributed by atoms with E-state index in [2.05, 4.69) is 15.6 Å². The van der Waals surface area contributed by atoms with Crippen LogP contribution in [0.1, 0.15) is 18.1 Å². The van der Waals surface area contributed by atoms with E-state index >= 15 is 0 Å². The quantitative estimate of drug-likeness (QED) is 0.567. The van der Waals surface area contributed by atoms with E-state index in [1.54, 1.807) is 21.3 Å². The Kier molecular flexibility index (Phi) is 7.68. The van der Waals surface area contributed by atoms with Crippen LogP contribution in [0, 0.1) is 0 Å². The normalized spacial score (nSPS) is 11.0. The first-order valence-corrected chi connectivity index (χ1v) is 8.96. The lowest BCUT2D eigenvalue weighted by Crippen LogP contribution is -2.38. The summed E-state index contributed by atoms with van der Waals surface area (Å²) < 4.78 is 10.5. The van der Waals surface area contributed by atoms with Crippen molar-refractivity contribution in [1.82, 2.24) is 10.2 Å². The largest absolute Gasteiger partial charge is 0.497 e. The molecule has 2 aromatic carbocycles. The van der Waals surface area contributed by atoms with E-state index in [0.29, 0.717) is 24.5 Å². The Labute approximate surface area is 166 Å². The number of benzene rings is 2. The van der Waals surface area contributed by atoms with Gasteiger partial charge < -0.3 is 25.0 Å². The number of hydrogen-bond acceptors (Lipinski definition) is 4. The van der Waals surface area contributed by atoms with Crippen molar-refractivity contribution in [2.24, 2.45) is 4.99 Å². The molecule has 0 aromatic heterocycles. The molecule has 7 heteroatoms. The van der Waals surface area contributed by atoms with Gasteiger partial charge in [0.25, 0.3) is 0 Å². The van der Waals surface area contributed by atoms with Gasteiger partial charge in [0, 0.05) is 34.1 Å². The number of methoxy groups -OCH3 is 2. The molecule has 0 saturated heterocycles. The fourth-order valence-electron chi connectivity index (χ4n) is 2.80. The van der Waals surface area contributed by atoms with Crippen molar-refractivity contribution in [3.63, 3.8) is 0 Å². The minimum Gasteiger partial charge on any atom is -0.497 e. The Morgan fingerprint density at radius 2 is 1.75 bits per heavy atom. The predicted octanol–water partition coefficient (Wildman–Crippen LogP) is 2.87. The maximum atomic E-state index is 11.4. The molecule has 0 unspecified atom stereocenters. The lowest BCUT2D eigenvalue weighted by atomic mass is 10.2. The van der Waals surface area contributed by atoms with Crippen molar-refractivity contribution < 1.29 is 14.3 Å². The second kappa shape index (κ2) is 10.2. The molecule has 0 heterocycles. The zero-order chi connectivity index (χ0) is 20.5. The molecule has 0 saturated carbocycles. The molecular formula is C21H28N4O3.